The van der Waals surface area contributed by atoms with Gasteiger partial charge in [-0.25, -0.2) is 0 Å². The second-order valence-corrected chi connectivity index (χ2v) is 6.31. The molecule has 7 heteroatoms. The Kier molecular flexibility index (Phi) is 7.00. The van der Waals surface area contributed by atoms with E-state index in [1.54, 1.807) is 74.5 Å². The van der Waals surface area contributed by atoms with Crippen molar-refractivity contribution in [2.75, 3.05) is 31.3 Å². The van der Waals surface area contributed by atoms with Gasteiger partial charge in [0, 0.05) is 22.5 Å². The molecule has 6 nitrogen and oxygen atoms in total. The molecule has 0 fully saturated rings. The van der Waals surface area contributed by atoms with Crippen LogP contribution in [0.15, 0.2) is 48.5 Å². The third-order valence-corrected chi connectivity index (χ3v) is 4.11. The van der Waals surface area contributed by atoms with Crippen LogP contribution < -0.4 is 15.4 Å². The third-order valence-electron chi connectivity index (χ3n) is 3.88. The fraction of sp³-hybridized carbons (Fsp3) is 0.263. The molecule has 0 saturated heterocycles. The molecular formula is C19H22ClN3O3. The van der Waals surface area contributed by atoms with Gasteiger partial charge < -0.3 is 15.4 Å². The number of amides is 2. The van der Waals surface area contributed by atoms with E-state index in [4.69, 9.17) is 16.3 Å². The van der Waals surface area contributed by atoms with Crippen molar-refractivity contribution < 1.29 is 14.3 Å². The monoisotopic (exact) mass is 375 g/mol. The van der Waals surface area contributed by atoms with E-state index in [2.05, 4.69) is 10.6 Å². The number of carbonyl (C=O) groups is 2. The first-order chi connectivity index (χ1) is 12.4. The van der Waals surface area contributed by atoms with E-state index in [9.17, 15) is 9.59 Å². The Balaban J connectivity index is 1.89. The lowest BCUT2D eigenvalue weighted by Crippen LogP contribution is -2.43. The number of nitrogens with zero attached hydrogens (tertiary/aromatic N) is 1. The fourth-order valence-corrected chi connectivity index (χ4v) is 2.47. The van der Waals surface area contributed by atoms with Crippen molar-refractivity contribution in [3.05, 3.63) is 53.6 Å². The Bertz CT molecular complexity index is 782. The second kappa shape index (κ2) is 9.22. The molecule has 0 aliphatic heterocycles. The minimum absolute atomic E-state index is 0.0708. The van der Waals surface area contributed by atoms with Crippen molar-refractivity contribution in [1.29, 1.82) is 0 Å². The normalized spacial score (nSPS) is 11.7. The van der Waals surface area contributed by atoms with Crippen molar-refractivity contribution in [2.45, 2.75) is 13.0 Å². The summed E-state index contributed by atoms with van der Waals surface area (Å²) in [5.41, 5.74) is 1.25. The molecule has 0 aliphatic carbocycles. The highest BCUT2D eigenvalue weighted by Gasteiger charge is 2.20. The number of hydrogen-bond donors (Lipinski definition) is 2. The van der Waals surface area contributed by atoms with E-state index in [0.717, 1.165) is 0 Å². The minimum atomic E-state index is -0.495. The summed E-state index contributed by atoms with van der Waals surface area (Å²) >= 11 is 5.91. The molecule has 1 atom stereocenters. The molecule has 0 bridgehead atoms. The van der Waals surface area contributed by atoms with Crippen LogP contribution in [0.1, 0.15) is 6.92 Å². The van der Waals surface area contributed by atoms with Crippen LogP contribution in [0.5, 0.6) is 5.75 Å². The molecule has 26 heavy (non-hydrogen) atoms. The lowest BCUT2D eigenvalue weighted by molar-refractivity contribution is -0.122. The number of anilines is 2. The first-order valence-corrected chi connectivity index (χ1v) is 8.47. The average molecular weight is 376 g/mol. The molecule has 0 radical (unpaired) electrons. The summed E-state index contributed by atoms with van der Waals surface area (Å²) < 4.78 is 5.13. The molecule has 0 aromatic heterocycles. The topological polar surface area (TPSA) is 70.7 Å². The van der Waals surface area contributed by atoms with Crippen LogP contribution in [0, 0.1) is 0 Å². The van der Waals surface area contributed by atoms with Gasteiger partial charge in [0.05, 0.1) is 19.7 Å². The number of carbonyl (C=O) groups excluding carboxylic acids is 2. The van der Waals surface area contributed by atoms with Gasteiger partial charge >= 0.3 is 0 Å². The van der Waals surface area contributed by atoms with Crippen LogP contribution in [0.2, 0.25) is 5.02 Å². The summed E-state index contributed by atoms with van der Waals surface area (Å²) in [6.45, 7) is 1.81. The molecule has 2 rings (SSSR count). The minimum Gasteiger partial charge on any atom is -0.497 e. The van der Waals surface area contributed by atoms with E-state index < -0.39 is 6.04 Å². The summed E-state index contributed by atoms with van der Waals surface area (Å²) in [6.07, 6.45) is 0. The van der Waals surface area contributed by atoms with E-state index >= 15 is 0 Å². The lowest BCUT2D eigenvalue weighted by Gasteiger charge is -2.23. The van der Waals surface area contributed by atoms with Crippen molar-refractivity contribution >= 4 is 34.8 Å². The number of hydrogen-bond acceptors (Lipinski definition) is 4. The van der Waals surface area contributed by atoms with E-state index in [1.165, 1.54) is 0 Å². The first-order valence-electron chi connectivity index (χ1n) is 8.09. The van der Waals surface area contributed by atoms with Crippen LogP contribution in [0.25, 0.3) is 0 Å². The van der Waals surface area contributed by atoms with Gasteiger partial charge in [0.1, 0.15) is 5.75 Å². The number of likely N-dealkylation sites (N-methyl/N-ethyl adjacent to an activating group) is 1. The highest BCUT2D eigenvalue weighted by Crippen LogP contribution is 2.17. The number of nitrogens with one attached hydrogen (secondary N) is 2. The molecule has 2 aromatic carbocycles. The molecule has 2 amide bonds. The fourth-order valence-electron chi connectivity index (χ4n) is 2.28. The zero-order valence-corrected chi connectivity index (χ0v) is 15.7. The quantitative estimate of drug-likeness (QED) is 0.779. The van der Waals surface area contributed by atoms with Gasteiger partial charge in [0.25, 0.3) is 0 Å². The number of benzene rings is 2. The Morgan fingerprint density at radius 1 is 1.12 bits per heavy atom. The van der Waals surface area contributed by atoms with Gasteiger partial charge in [-0.3, -0.25) is 14.5 Å². The maximum absolute atomic E-state index is 12.3. The highest BCUT2D eigenvalue weighted by molar-refractivity contribution is 6.30. The van der Waals surface area contributed by atoms with Crippen LogP contribution in [0.4, 0.5) is 11.4 Å². The van der Waals surface area contributed by atoms with E-state index in [-0.39, 0.29) is 18.4 Å². The molecule has 2 N–H and O–H groups in total. The number of halogens is 1. The van der Waals surface area contributed by atoms with E-state index in [1.807, 2.05) is 0 Å². The third kappa shape index (κ3) is 5.75. The molecule has 0 spiro atoms. The van der Waals surface area contributed by atoms with E-state index in [0.29, 0.717) is 22.1 Å². The van der Waals surface area contributed by atoms with Gasteiger partial charge in [-0.1, -0.05) is 23.7 Å². The summed E-state index contributed by atoms with van der Waals surface area (Å²) in [6, 6.07) is 13.5. The van der Waals surface area contributed by atoms with Gasteiger partial charge in [-0.2, -0.15) is 0 Å². The SMILES string of the molecule is COc1cccc(NC(=O)CN(C)[C@H](C)C(=O)Nc2cccc(Cl)c2)c1. The number of methoxy groups -OCH3 is 1. The van der Waals surface area contributed by atoms with Crippen molar-refractivity contribution in [2.24, 2.45) is 0 Å². The molecule has 0 saturated carbocycles. The van der Waals surface area contributed by atoms with Gasteiger partial charge in [0.15, 0.2) is 0 Å². The summed E-state index contributed by atoms with van der Waals surface area (Å²) in [7, 11) is 3.28. The van der Waals surface area contributed by atoms with Gasteiger partial charge in [-0.05, 0) is 44.3 Å². The summed E-state index contributed by atoms with van der Waals surface area (Å²) in [5, 5.41) is 6.12. The second-order valence-electron chi connectivity index (χ2n) is 5.87. The molecule has 0 heterocycles. The zero-order valence-electron chi connectivity index (χ0n) is 15.0. The maximum Gasteiger partial charge on any atom is 0.241 e. The lowest BCUT2D eigenvalue weighted by atomic mass is 10.2. The number of rotatable bonds is 7. The van der Waals surface area contributed by atoms with Crippen LogP contribution in [-0.2, 0) is 9.59 Å². The molecule has 0 aliphatic rings. The molecular weight excluding hydrogens is 354 g/mol. The molecule has 2 aromatic rings. The highest BCUT2D eigenvalue weighted by atomic mass is 35.5. The van der Waals surface area contributed by atoms with Gasteiger partial charge in [-0.15, -0.1) is 0 Å². The predicted molar refractivity (Wildman–Crippen MR) is 104 cm³/mol. The van der Waals surface area contributed by atoms with Crippen LogP contribution in [-0.4, -0.2) is 43.5 Å². The Hall–Kier alpha value is -2.57. The van der Waals surface area contributed by atoms with Crippen LogP contribution >= 0.6 is 11.6 Å². The summed E-state index contributed by atoms with van der Waals surface area (Å²) in [4.78, 5) is 26.2. The first kappa shape index (κ1) is 19.8. The Labute approximate surface area is 158 Å². The largest absolute Gasteiger partial charge is 0.497 e. The predicted octanol–water partition coefficient (Wildman–Crippen LogP) is 3.25. The zero-order chi connectivity index (χ0) is 19.1. The standard InChI is InChI=1S/C19H22ClN3O3/c1-13(19(25)22-15-7-4-6-14(20)10-15)23(2)12-18(24)21-16-8-5-9-17(11-16)26-3/h4-11,13H,12H2,1-3H3,(H,21,24)(H,22,25)/t13-/m1/s1. The van der Waals surface area contributed by atoms with Crippen molar-refractivity contribution in [1.82, 2.24) is 4.90 Å². The van der Waals surface area contributed by atoms with Crippen molar-refractivity contribution in [3.8, 4) is 5.75 Å². The van der Waals surface area contributed by atoms with Crippen molar-refractivity contribution in [3.63, 3.8) is 0 Å². The molecule has 138 valence electrons. The Morgan fingerprint density at radius 3 is 2.42 bits per heavy atom. The van der Waals surface area contributed by atoms with Gasteiger partial charge in [0.2, 0.25) is 11.8 Å². The van der Waals surface area contributed by atoms with Crippen LogP contribution in [0.3, 0.4) is 0 Å². The summed E-state index contributed by atoms with van der Waals surface area (Å²) in [5.74, 6) is 0.220. The Morgan fingerprint density at radius 2 is 1.77 bits per heavy atom. The number of ether oxygens (including phenoxy) is 1. The average Bonchev–Trinajstić information content (AvgIpc) is 2.61. The smallest absolute Gasteiger partial charge is 0.241 e. The molecule has 0 unspecified atom stereocenters. The maximum atomic E-state index is 12.3.